The number of urea groups is 1. The van der Waals surface area contributed by atoms with E-state index in [9.17, 15) is 18.0 Å². The van der Waals surface area contributed by atoms with Gasteiger partial charge in [0.05, 0.1) is 25.5 Å². The van der Waals surface area contributed by atoms with Crippen LogP contribution in [-0.4, -0.2) is 54.9 Å². The van der Waals surface area contributed by atoms with E-state index < -0.39 is 18.8 Å². The number of hydrogen-bond acceptors (Lipinski definition) is 4. The molecule has 2 amide bonds. The molecule has 122 valence electrons. The number of methoxy groups -OCH3 is 1. The third-order valence-electron chi connectivity index (χ3n) is 3.21. The van der Waals surface area contributed by atoms with E-state index in [2.05, 4.69) is 15.6 Å². The van der Waals surface area contributed by atoms with Crippen LogP contribution in [0.1, 0.15) is 6.42 Å². The molecule has 1 aromatic heterocycles. The number of hydrogen-bond donors (Lipinski definition) is 2. The molecule has 1 fully saturated rings. The van der Waals surface area contributed by atoms with Crippen molar-refractivity contribution in [1.82, 2.24) is 15.2 Å². The second-order valence-electron chi connectivity index (χ2n) is 5.02. The van der Waals surface area contributed by atoms with Crippen LogP contribution in [0.15, 0.2) is 18.3 Å². The molecule has 0 aromatic carbocycles. The minimum atomic E-state index is -4.22. The molecule has 9 heteroatoms. The van der Waals surface area contributed by atoms with Crippen molar-refractivity contribution in [2.24, 2.45) is 0 Å². The van der Waals surface area contributed by atoms with Crippen molar-refractivity contribution in [2.75, 3.05) is 32.1 Å². The summed E-state index contributed by atoms with van der Waals surface area (Å²) in [6.45, 7) is -0.447. The number of rotatable bonds is 4. The number of carbonyl (C=O) groups excluding carboxylic acids is 1. The number of nitrogens with zero attached hydrogens (tertiary/aromatic N) is 2. The van der Waals surface area contributed by atoms with Crippen molar-refractivity contribution in [3.8, 4) is 5.88 Å². The van der Waals surface area contributed by atoms with Crippen molar-refractivity contribution in [1.29, 1.82) is 0 Å². The highest BCUT2D eigenvalue weighted by Crippen LogP contribution is 2.20. The number of aromatic nitrogens is 1. The number of anilines is 1. The summed E-state index contributed by atoms with van der Waals surface area (Å²) in [6, 6.07) is 2.45. The van der Waals surface area contributed by atoms with E-state index in [4.69, 9.17) is 4.74 Å². The van der Waals surface area contributed by atoms with E-state index in [0.717, 1.165) is 0 Å². The first-order valence-corrected chi connectivity index (χ1v) is 6.72. The van der Waals surface area contributed by atoms with Gasteiger partial charge in [0.2, 0.25) is 5.88 Å². The molecule has 0 radical (unpaired) electrons. The van der Waals surface area contributed by atoms with Gasteiger partial charge < -0.3 is 15.4 Å². The first-order valence-electron chi connectivity index (χ1n) is 6.72. The van der Waals surface area contributed by atoms with E-state index in [1.54, 1.807) is 12.1 Å². The summed E-state index contributed by atoms with van der Waals surface area (Å²) in [7, 11) is 1.48. The molecular formula is C13H17F3N4O2. The van der Waals surface area contributed by atoms with Gasteiger partial charge in [0.1, 0.15) is 0 Å². The fourth-order valence-corrected chi connectivity index (χ4v) is 2.28. The molecule has 6 nitrogen and oxygen atoms in total. The van der Waals surface area contributed by atoms with E-state index in [-0.39, 0.29) is 12.6 Å². The van der Waals surface area contributed by atoms with Crippen LogP contribution in [0.25, 0.3) is 0 Å². The summed E-state index contributed by atoms with van der Waals surface area (Å²) in [6.07, 6.45) is -2.29. The predicted octanol–water partition coefficient (Wildman–Crippen LogP) is 1.85. The Morgan fingerprint density at radius 2 is 2.27 bits per heavy atom. The first-order chi connectivity index (χ1) is 10.4. The standard InChI is InChI=1S/C13H17F3N4O2/c1-22-11-3-2-9(6-17-11)18-12(21)19-10-4-5-20(7-10)8-13(14,15)16/h2-3,6,10H,4-5,7-8H2,1H3,(H2,18,19,21)/t10-/m0/s1. The Kier molecular flexibility index (Phi) is 5.07. The molecule has 0 spiro atoms. The number of likely N-dealkylation sites (tertiary alicyclic amines) is 1. The smallest absolute Gasteiger partial charge is 0.401 e. The number of carbonyl (C=O) groups is 1. The Labute approximate surface area is 125 Å². The van der Waals surface area contributed by atoms with Crippen molar-refractivity contribution >= 4 is 11.7 Å². The lowest BCUT2D eigenvalue weighted by Gasteiger charge is -2.18. The summed E-state index contributed by atoms with van der Waals surface area (Å²) in [4.78, 5) is 17.0. The van der Waals surface area contributed by atoms with Crippen LogP contribution >= 0.6 is 0 Å². The maximum Gasteiger partial charge on any atom is 0.401 e. The third kappa shape index (κ3) is 5.06. The zero-order chi connectivity index (χ0) is 16.2. The summed E-state index contributed by atoms with van der Waals surface area (Å²) in [5.41, 5.74) is 0.475. The maximum atomic E-state index is 12.3. The monoisotopic (exact) mass is 318 g/mol. The highest BCUT2D eigenvalue weighted by atomic mass is 19.4. The van der Waals surface area contributed by atoms with Gasteiger partial charge in [-0.3, -0.25) is 4.90 Å². The molecule has 1 saturated heterocycles. The number of pyridine rings is 1. The van der Waals surface area contributed by atoms with E-state index >= 15 is 0 Å². The van der Waals surface area contributed by atoms with Gasteiger partial charge in [-0.1, -0.05) is 0 Å². The molecule has 2 rings (SSSR count). The number of nitrogens with one attached hydrogen (secondary N) is 2. The Balaban J connectivity index is 1.77. The van der Waals surface area contributed by atoms with Crippen molar-refractivity contribution in [2.45, 2.75) is 18.6 Å². The van der Waals surface area contributed by atoms with E-state index in [1.165, 1.54) is 18.2 Å². The van der Waals surface area contributed by atoms with Gasteiger partial charge >= 0.3 is 12.2 Å². The quantitative estimate of drug-likeness (QED) is 0.889. The van der Waals surface area contributed by atoms with E-state index in [1.807, 2.05) is 0 Å². The van der Waals surface area contributed by atoms with Gasteiger partial charge in [-0.05, 0) is 12.5 Å². The molecule has 2 heterocycles. The number of halogens is 3. The normalized spacial score (nSPS) is 19.0. The van der Waals surface area contributed by atoms with Crippen molar-refractivity contribution < 1.29 is 22.7 Å². The van der Waals surface area contributed by atoms with Crippen molar-refractivity contribution in [3.63, 3.8) is 0 Å². The van der Waals surface area contributed by atoms with E-state index in [0.29, 0.717) is 24.5 Å². The summed E-state index contributed by atoms with van der Waals surface area (Å²) in [5.74, 6) is 0.421. The largest absolute Gasteiger partial charge is 0.481 e. The molecule has 1 aliphatic heterocycles. The Hall–Kier alpha value is -2.03. The number of ether oxygens (including phenoxy) is 1. The van der Waals surface area contributed by atoms with Crippen LogP contribution in [0.5, 0.6) is 5.88 Å². The fraction of sp³-hybridized carbons (Fsp3) is 0.538. The average molecular weight is 318 g/mol. The SMILES string of the molecule is COc1ccc(NC(=O)N[C@H]2CCN(CC(F)(F)F)C2)cn1. The van der Waals surface area contributed by atoms with Crippen LogP contribution in [0.3, 0.4) is 0 Å². The highest BCUT2D eigenvalue weighted by molar-refractivity contribution is 5.89. The molecule has 2 N–H and O–H groups in total. The maximum absolute atomic E-state index is 12.3. The molecule has 0 bridgehead atoms. The minimum absolute atomic E-state index is 0.188. The van der Waals surface area contributed by atoms with Crippen LogP contribution in [-0.2, 0) is 0 Å². The fourth-order valence-electron chi connectivity index (χ4n) is 2.28. The Morgan fingerprint density at radius 1 is 1.50 bits per heavy atom. The molecule has 22 heavy (non-hydrogen) atoms. The molecular weight excluding hydrogens is 301 g/mol. The summed E-state index contributed by atoms with van der Waals surface area (Å²) >= 11 is 0. The van der Waals surface area contributed by atoms with Gasteiger partial charge in [0.15, 0.2) is 0 Å². The van der Waals surface area contributed by atoms with Crippen LogP contribution in [0.4, 0.5) is 23.7 Å². The average Bonchev–Trinajstić information content (AvgIpc) is 2.84. The van der Waals surface area contributed by atoms with Crippen molar-refractivity contribution in [3.05, 3.63) is 18.3 Å². The number of alkyl halides is 3. The van der Waals surface area contributed by atoms with Gasteiger partial charge in [-0.25, -0.2) is 9.78 Å². The Morgan fingerprint density at radius 3 is 2.86 bits per heavy atom. The summed E-state index contributed by atoms with van der Waals surface area (Å²) in [5, 5.41) is 5.23. The highest BCUT2D eigenvalue weighted by Gasteiger charge is 2.34. The van der Waals surface area contributed by atoms with Crippen LogP contribution in [0.2, 0.25) is 0 Å². The lowest BCUT2D eigenvalue weighted by molar-refractivity contribution is -0.143. The van der Waals surface area contributed by atoms with Gasteiger partial charge in [-0.2, -0.15) is 13.2 Å². The van der Waals surface area contributed by atoms with Crippen LogP contribution < -0.4 is 15.4 Å². The predicted molar refractivity (Wildman–Crippen MR) is 73.8 cm³/mol. The molecule has 1 aliphatic rings. The second-order valence-corrected chi connectivity index (χ2v) is 5.02. The number of amides is 2. The molecule has 1 atom stereocenters. The molecule has 0 saturated carbocycles. The van der Waals surface area contributed by atoms with Crippen LogP contribution in [0, 0.1) is 0 Å². The molecule has 0 aliphatic carbocycles. The molecule has 1 aromatic rings. The van der Waals surface area contributed by atoms with Gasteiger partial charge in [0, 0.05) is 25.2 Å². The topological polar surface area (TPSA) is 66.5 Å². The minimum Gasteiger partial charge on any atom is -0.481 e. The van der Waals surface area contributed by atoms with Gasteiger partial charge in [-0.15, -0.1) is 0 Å². The molecule has 0 unspecified atom stereocenters. The second kappa shape index (κ2) is 6.82. The zero-order valence-electron chi connectivity index (χ0n) is 12.0. The summed E-state index contributed by atoms with van der Waals surface area (Å²) < 4.78 is 41.8. The zero-order valence-corrected chi connectivity index (χ0v) is 12.0. The lowest BCUT2D eigenvalue weighted by atomic mass is 10.3. The van der Waals surface area contributed by atoms with Gasteiger partial charge in [0.25, 0.3) is 0 Å². The Bertz CT molecular complexity index is 507. The lowest BCUT2D eigenvalue weighted by Crippen LogP contribution is -2.41. The first kappa shape index (κ1) is 16.3. The third-order valence-corrected chi connectivity index (χ3v) is 3.21.